The Kier molecular flexibility index (Phi) is 6.64. The minimum atomic E-state index is -4.58. The van der Waals surface area contributed by atoms with Crippen LogP contribution >= 0.6 is 11.3 Å². The van der Waals surface area contributed by atoms with E-state index in [0.29, 0.717) is 10.7 Å². The molecule has 1 aromatic carbocycles. The van der Waals surface area contributed by atoms with Crippen LogP contribution in [0, 0.1) is 6.92 Å². The predicted octanol–water partition coefficient (Wildman–Crippen LogP) is 4.57. The second-order valence-corrected chi connectivity index (χ2v) is 12.1. The maximum atomic E-state index is 13.0. The SMILES string of the molecule is Cc1cc(Nc2nccc(C(F)(F)F)n2)cc(-c2cnc(C3(N(C)S(=O)(=O)C(C)C)COC3)s2)c1. The first-order chi connectivity index (χ1) is 16.3. The number of aromatic nitrogens is 3. The van der Waals surface area contributed by atoms with E-state index in [4.69, 9.17) is 4.74 Å². The molecule has 0 radical (unpaired) electrons. The average Bonchev–Trinajstić information content (AvgIpc) is 3.22. The molecule has 188 valence electrons. The number of sulfonamides is 1. The molecule has 1 N–H and O–H groups in total. The highest BCUT2D eigenvalue weighted by atomic mass is 32.2. The number of benzene rings is 1. The van der Waals surface area contributed by atoms with Gasteiger partial charge in [-0.3, -0.25) is 0 Å². The fourth-order valence-electron chi connectivity index (χ4n) is 3.62. The van der Waals surface area contributed by atoms with E-state index in [9.17, 15) is 21.6 Å². The third-order valence-electron chi connectivity index (χ3n) is 5.73. The highest BCUT2D eigenvalue weighted by Gasteiger charge is 2.51. The van der Waals surface area contributed by atoms with Crippen LogP contribution in [0.5, 0.6) is 0 Å². The van der Waals surface area contributed by atoms with Crippen LogP contribution in [0.3, 0.4) is 0 Å². The minimum absolute atomic E-state index is 0.174. The zero-order chi connectivity index (χ0) is 25.6. The number of hydrogen-bond acceptors (Lipinski definition) is 8. The quantitative estimate of drug-likeness (QED) is 0.481. The van der Waals surface area contributed by atoms with Crippen molar-refractivity contribution in [3.05, 3.63) is 52.9 Å². The number of aryl methyl sites for hydroxylation is 1. The van der Waals surface area contributed by atoms with E-state index in [1.54, 1.807) is 39.2 Å². The number of nitrogens with one attached hydrogen (secondary N) is 1. The molecule has 4 rings (SSSR count). The van der Waals surface area contributed by atoms with Gasteiger partial charge in [0.25, 0.3) is 0 Å². The first kappa shape index (κ1) is 25.5. The molecular formula is C22H24F3N5O3S2. The largest absolute Gasteiger partial charge is 0.433 e. The van der Waals surface area contributed by atoms with E-state index in [-0.39, 0.29) is 19.2 Å². The Balaban J connectivity index is 1.64. The van der Waals surface area contributed by atoms with Gasteiger partial charge in [-0.1, -0.05) is 6.07 Å². The van der Waals surface area contributed by atoms with Gasteiger partial charge in [-0.2, -0.15) is 17.5 Å². The van der Waals surface area contributed by atoms with E-state index >= 15 is 0 Å². The summed E-state index contributed by atoms with van der Waals surface area (Å²) in [6.07, 6.45) is -1.87. The van der Waals surface area contributed by atoms with E-state index in [1.165, 1.54) is 15.6 Å². The van der Waals surface area contributed by atoms with Crippen LogP contribution < -0.4 is 5.32 Å². The molecule has 1 fully saturated rings. The van der Waals surface area contributed by atoms with Crippen molar-refractivity contribution >= 4 is 33.0 Å². The standard InChI is InChI=1S/C22H24F3N5O3S2/c1-13(2)35(31,32)30(4)21(11-33-12-21)19-27-10-17(34-19)15-7-14(3)8-16(9-15)28-20-26-6-5-18(29-20)22(23,24)25/h5-10,13H,11-12H2,1-4H3,(H,26,28,29). The second kappa shape index (κ2) is 9.12. The van der Waals surface area contributed by atoms with E-state index in [1.807, 2.05) is 13.0 Å². The number of thiazole rings is 1. The molecule has 13 heteroatoms. The number of rotatable bonds is 7. The Morgan fingerprint density at radius 1 is 1.20 bits per heavy atom. The molecule has 0 spiro atoms. The fraction of sp³-hybridized carbons (Fsp3) is 0.409. The molecular weight excluding hydrogens is 503 g/mol. The Morgan fingerprint density at radius 2 is 1.91 bits per heavy atom. The van der Waals surface area contributed by atoms with E-state index in [0.717, 1.165) is 28.3 Å². The van der Waals surface area contributed by atoms with Crippen molar-refractivity contribution < 1.29 is 26.3 Å². The summed E-state index contributed by atoms with van der Waals surface area (Å²) in [5.41, 5.74) is 0.225. The summed E-state index contributed by atoms with van der Waals surface area (Å²) in [5, 5.41) is 2.86. The number of alkyl halides is 3. The lowest BCUT2D eigenvalue weighted by Crippen LogP contribution is -2.60. The Bertz CT molecular complexity index is 1340. The topological polar surface area (TPSA) is 97.3 Å². The average molecular weight is 528 g/mol. The number of anilines is 2. The molecule has 3 heterocycles. The van der Waals surface area contributed by atoms with Crippen molar-refractivity contribution in [2.24, 2.45) is 0 Å². The summed E-state index contributed by atoms with van der Waals surface area (Å²) in [6.45, 7) is 5.52. The van der Waals surface area contributed by atoms with Gasteiger partial charge in [-0.05, 0) is 50.1 Å². The smallest absolute Gasteiger partial charge is 0.376 e. The molecule has 0 unspecified atom stereocenters. The van der Waals surface area contributed by atoms with Crippen LogP contribution in [0.25, 0.3) is 10.4 Å². The van der Waals surface area contributed by atoms with Crippen molar-refractivity contribution in [2.75, 3.05) is 25.6 Å². The van der Waals surface area contributed by atoms with Gasteiger partial charge in [0.1, 0.15) is 16.2 Å². The molecule has 8 nitrogen and oxygen atoms in total. The number of nitrogens with zero attached hydrogens (tertiary/aromatic N) is 4. The first-order valence-corrected chi connectivity index (χ1v) is 13.0. The summed E-state index contributed by atoms with van der Waals surface area (Å²) in [6, 6.07) is 6.24. The van der Waals surface area contributed by atoms with Gasteiger partial charge in [0.2, 0.25) is 16.0 Å². The van der Waals surface area contributed by atoms with Crippen LogP contribution in [0.15, 0.2) is 36.7 Å². The molecule has 0 amide bonds. The summed E-state index contributed by atoms with van der Waals surface area (Å²) < 4.78 is 71.4. The lowest BCUT2D eigenvalue weighted by Gasteiger charge is -2.46. The van der Waals surface area contributed by atoms with E-state index < -0.39 is 32.7 Å². The molecule has 1 aliphatic rings. The monoisotopic (exact) mass is 527 g/mol. The number of ether oxygens (including phenoxy) is 1. The zero-order valence-corrected chi connectivity index (χ0v) is 21.1. The Morgan fingerprint density at radius 3 is 2.51 bits per heavy atom. The molecule has 0 bridgehead atoms. The second-order valence-electron chi connectivity index (χ2n) is 8.59. The van der Waals surface area contributed by atoms with Crippen molar-refractivity contribution in [3.8, 4) is 10.4 Å². The normalized spacial score (nSPS) is 15.9. The van der Waals surface area contributed by atoms with Crippen LogP contribution in [0.2, 0.25) is 0 Å². The summed E-state index contributed by atoms with van der Waals surface area (Å²) in [5.74, 6) is -0.174. The third kappa shape index (κ3) is 4.90. The van der Waals surface area contributed by atoms with Gasteiger partial charge in [0, 0.05) is 25.1 Å². The molecule has 35 heavy (non-hydrogen) atoms. The lowest BCUT2D eigenvalue weighted by molar-refractivity contribution is -0.141. The number of hydrogen-bond donors (Lipinski definition) is 1. The maximum Gasteiger partial charge on any atom is 0.433 e. The fourth-order valence-corrected chi connectivity index (χ4v) is 6.09. The molecule has 0 saturated carbocycles. The summed E-state index contributed by atoms with van der Waals surface area (Å²) in [4.78, 5) is 12.7. The molecule has 3 aromatic rings. The predicted molar refractivity (Wildman–Crippen MR) is 127 cm³/mol. The van der Waals surface area contributed by atoms with Gasteiger partial charge in [0.05, 0.1) is 23.3 Å². The minimum Gasteiger partial charge on any atom is -0.376 e. The van der Waals surface area contributed by atoms with Crippen LogP contribution in [-0.4, -0.2) is 53.2 Å². The molecule has 2 aromatic heterocycles. The van der Waals surface area contributed by atoms with Crippen molar-refractivity contribution in [1.29, 1.82) is 0 Å². The van der Waals surface area contributed by atoms with Crippen LogP contribution in [0.4, 0.5) is 24.8 Å². The Hall–Kier alpha value is -2.61. The highest BCUT2D eigenvalue weighted by molar-refractivity contribution is 7.89. The van der Waals surface area contributed by atoms with Crippen LogP contribution in [0.1, 0.15) is 30.1 Å². The molecule has 0 atom stereocenters. The van der Waals surface area contributed by atoms with Crippen molar-refractivity contribution in [3.63, 3.8) is 0 Å². The third-order valence-corrected chi connectivity index (χ3v) is 9.27. The molecule has 1 aliphatic heterocycles. The van der Waals surface area contributed by atoms with Crippen molar-refractivity contribution in [1.82, 2.24) is 19.3 Å². The van der Waals surface area contributed by atoms with Crippen LogP contribution in [-0.2, 0) is 26.5 Å². The van der Waals surface area contributed by atoms with Gasteiger partial charge in [-0.25, -0.2) is 23.4 Å². The zero-order valence-electron chi connectivity index (χ0n) is 19.4. The molecule has 0 aliphatic carbocycles. The molecule has 1 saturated heterocycles. The van der Waals surface area contributed by atoms with Gasteiger partial charge in [0.15, 0.2) is 0 Å². The maximum absolute atomic E-state index is 13.0. The van der Waals surface area contributed by atoms with E-state index in [2.05, 4.69) is 20.3 Å². The van der Waals surface area contributed by atoms with Gasteiger partial charge < -0.3 is 10.1 Å². The number of likely N-dealkylation sites (N-methyl/N-ethyl adjacent to an activating group) is 1. The summed E-state index contributed by atoms with van der Waals surface area (Å²) >= 11 is 1.35. The Labute approximate surface area is 205 Å². The summed E-state index contributed by atoms with van der Waals surface area (Å²) in [7, 11) is -2.00. The first-order valence-electron chi connectivity index (χ1n) is 10.6. The van der Waals surface area contributed by atoms with Gasteiger partial charge in [-0.15, -0.1) is 11.3 Å². The highest BCUT2D eigenvalue weighted by Crippen LogP contribution is 2.42. The van der Waals surface area contributed by atoms with Gasteiger partial charge >= 0.3 is 6.18 Å². The lowest BCUT2D eigenvalue weighted by atomic mass is 9.99. The number of halogens is 3. The van der Waals surface area contributed by atoms with Crippen molar-refractivity contribution in [2.45, 2.75) is 37.7 Å².